The summed E-state index contributed by atoms with van der Waals surface area (Å²) in [5.41, 5.74) is 0.470. The van der Waals surface area contributed by atoms with Gasteiger partial charge in [0.25, 0.3) is 0 Å². The Morgan fingerprint density at radius 3 is 2.38 bits per heavy atom. The van der Waals surface area contributed by atoms with Crippen LogP contribution in [0.25, 0.3) is 0 Å². The van der Waals surface area contributed by atoms with Crippen molar-refractivity contribution in [3.8, 4) is 0 Å². The fourth-order valence-corrected chi connectivity index (χ4v) is 6.78. The first-order chi connectivity index (χ1) is 5.90. The Bertz CT molecular complexity index is 164. The molecule has 1 aliphatic rings. The van der Waals surface area contributed by atoms with Crippen molar-refractivity contribution in [2.75, 3.05) is 11.9 Å². The van der Waals surface area contributed by atoms with Crippen molar-refractivity contribution < 1.29 is 0 Å². The molecule has 0 aromatic carbocycles. The number of halogens is 1. The second-order valence-electron chi connectivity index (χ2n) is 5.32. The molecule has 0 unspecified atom stereocenters. The van der Waals surface area contributed by atoms with Gasteiger partial charge in [0.15, 0.2) is 0 Å². The Morgan fingerprint density at radius 1 is 1.38 bits per heavy atom. The molecule has 0 atom stereocenters. The van der Waals surface area contributed by atoms with Crippen LogP contribution in [0.15, 0.2) is 0 Å². The van der Waals surface area contributed by atoms with Crippen LogP contribution >= 0.6 is 15.9 Å². The molecule has 1 fully saturated rings. The van der Waals surface area contributed by atoms with Crippen molar-refractivity contribution in [1.82, 2.24) is 4.57 Å². The number of alkyl halides is 1. The molecule has 0 spiro atoms. The van der Waals surface area contributed by atoms with Crippen molar-refractivity contribution >= 4 is 24.2 Å². The van der Waals surface area contributed by atoms with E-state index >= 15 is 0 Å². The molecule has 78 valence electrons. The average molecular weight is 264 g/mol. The molecule has 13 heavy (non-hydrogen) atoms. The topological polar surface area (TPSA) is 3.24 Å². The van der Waals surface area contributed by atoms with Gasteiger partial charge in [0.05, 0.1) is 0 Å². The maximum atomic E-state index is 3.52. The van der Waals surface area contributed by atoms with E-state index in [4.69, 9.17) is 0 Å². The van der Waals surface area contributed by atoms with Gasteiger partial charge in [-0.2, -0.15) is 0 Å². The fraction of sp³-hybridized carbons (Fsp3) is 1.00. The Labute approximate surface area is 92.1 Å². The first kappa shape index (κ1) is 11.7. The van der Waals surface area contributed by atoms with Crippen molar-refractivity contribution in [2.45, 2.75) is 51.4 Å². The summed E-state index contributed by atoms with van der Waals surface area (Å²) in [6.07, 6.45) is 2.69. The second-order valence-corrected chi connectivity index (χ2v) is 10.8. The molecule has 0 saturated carbocycles. The van der Waals surface area contributed by atoms with E-state index in [0.717, 1.165) is 5.33 Å². The molecule has 1 heterocycles. The minimum absolute atomic E-state index is 0.470. The van der Waals surface area contributed by atoms with Gasteiger partial charge in [-0.1, -0.05) is 29.0 Å². The molecular formula is C10H22BrNSi. The van der Waals surface area contributed by atoms with Crippen LogP contribution in [-0.4, -0.2) is 30.2 Å². The highest BCUT2D eigenvalue weighted by atomic mass is 79.9. The number of rotatable bonds is 3. The van der Waals surface area contributed by atoms with E-state index in [2.05, 4.69) is 47.4 Å². The van der Waals surface area contributed by atoms with Crippen molar-refractivity contribution in [3.63, 3.8) is 0 Å². The lowest BCUT2D eigenvalue weighted by Gasteiger charge is -2.39. The lowest BCUT2D eigenvalue weighted by Crippen LogP contribution is -2.52. The summed E-state index contributed by atoms with van der Waals surface area (Å²) >= 11 is 3.52. The van der Waals surface area contributed by atoms with Gasteiger partial charge in [-0.05, 0) is 39.3 Å². The highest BCUT2D eigenvalue weighted by Gasteiger charge is 2.45. The minimum Gasteiger partial charge on any atom is -0.319 e. The van der Waals surface area contributed by atoms with Crippen molar-refractivity contribution in [3.05, 3.63) is 0 Å². The van der Waals surface area contributed by atoms with Crippen LogP contribution in [0.1, 0.15) is 26.7 Å². The number of hydrogen-bond donors (Lipinski definition) is 0. The summed E-state index contributed by atoms with van der Waals surface area (Å²) in [5, 5.41) is 1.14. The van der Waals surface area contributed by atoms with Crippen LogP contribution in [0.4, 0.5) is 0 Å². The maximum absolute atomic E-state index is 3.52. The van der Waals surface area contributed by atoms with Crippen molar-refractivity contribution in [1.29, 1.82) is 0 Å². The summed E-state index contributed by atoms with van der Waals surface area (Å²) in [6.45, 7) is 11.1. The molecule has 1 nitrogen and oxygen atoms in total. The van der Waals surface area contributed by atoms with Gasteiger partial charge < -0.3 is 4.57 Å². The predicted molar refractivity (Wildman–Crippen MR) is 66.1 cm³/mol. The first-order valence-corrected chi connectivity index (χ1v) is 9.51. The van der Waals surface area contributed by atoms with E-state index in [1.165, 1.54) is 25.4 Å². The van der Waals surface area contributed by atoms with Gasteiger partial charge in [0.1, 0.15) is 8.24 Å². The third kappa shape index (κ3) is 2.57. The van der Waals surface area contributed by atoms with Gasteiger partial charge >= 0.3 is 0 Å². The first-order valence-electron chi connectivity index (χ1n) is 5.24. The molecule has 3 heteroatoms. The quantitative estimate of drug-likeness (QED) is 0.557. The SMILES string of the molecule is CC1(C)CC[Si](C)(C)N1CCCBr. The molecule has 1 saturated heterocycles. The normalized spacial score (nSPS) is 26.5. The molecular weight excluding hydrogens is 242 g/mol. The number of nitrogens with zero attached hydrogens (tertiary/aromatic N) is 1. The second kappa shape index (κ2) is 4.03. The molecule has 0 bridgehead atoms. The van der Waals surface area contributed by atoms with E-state index in [9.17, 15) is 0 Å². The van der Waals surface area contributed by atoms with Crippen LogP contribution in [0.2, 0.25) is 19.1 Å². The molecule has 0 aromatic rings. The summed E-state index contributed by atoms with van der Waals surface area (Å²) in [6, 6.07) is 1.47. The monoisotopic (exact) mass is 263 g/mol. The molecule has 1 rings (SSSR count). The third-order valence-electron chi connectivity index (χ3n) is 3.33. The Hall–Kier alpha value is 0.657. The van der Waals surface area contributed by atoms with E-state index in [0.29, 0.717) is 5.54 Å². The van der Waals surface area contributed by atoms with E-state index in [-0.39, 0.29) is 0 Å². The lowest BCUT2D eigenvalue weighted by atomic mass is 10.0. The third-order valence-corrected chi connectivity index (χ3v) is 7.65. The zero-order chi connectivity index (χ0) is 10.1. The van der Waals surface area contributed by atoms with Crippen LogP contribution in [0.5, 0.6) is 0 Å². The van der Waals surface area contributed by atoms with E-state index < -0.39 is 8.24 Å². The van der Waals surface area contributed by atoms with Crippen LogP contribution in [-0.2, 0) is 0 Å². The zero-order valence-electron chi connectivity index (χ0n) is 9.36. The highest BCUT2D eigenvalue weighted by Crippen LogP contribution is 2.38. The summed E-state index contributed by atoms with van der Waals surface area (Å²) in [7, 11) is -1.03. The maximum Gasteiger partial charge on any atom is 0.122 e. The highest BCUT2D eigenvalue weighted by molar-refractivity contribution is 9.09. The van der Waals surface area contributed by atoms with Gasteiger partial charge in [0.2, 0.25) is 0 Å². The van der Waals surface area contributed by atoms with Gasteiger partial charge in [-0.25, -0.2) is 0 Å². The smallest absolute Gasteiger partial charge is 0.122 e. The molecule has 1 aliphatic heterocycles. The zero-order valence-corrected chi connectivity index (χ0v) is 11.9. The lowest BCUT2D eigenvalue weighted by molar-refractivity contribution is 0.243. The van der Waals surface area contributed by atoms with Gasteiger partial charge in [0, 0.05) is 10.9 Å². The summed E-state index contributed by atoms with van der Waals surface area (Å²) < 4.78 is 2.81. The average Bonchev–Trinajstić information content (AvgIpc) is 2.20. The van der Waals surface area contributed by atoms with Gasteiger partial charge in [-0.15, -0.1) is 0 Å². The Morgan fingerprint density at radius 2 is 2.00 bits per heavy atom. The van der Waals surface area contributed by atoms with Crippen molar-refractivity contribution in [2.24, 2.45) is 0 Å². The molecule has 0 N–H and O–H groups in total. The van der Waals surface area contributed by atoms with Gasteiger partial charge in [-0.3, -0.25) is 0 Å². The number of hydrogen-bond acceptors (Lipinski definition) is 1. The van der Waals surface area contributed by atoms with Crippen LogP contribution in [0, 0.1) is 0 Å². The summed E-state index contributed by atoms with van der Waals surface area (Å²) in [5.74, 6) is 0. The Kier molecular flexibility index (Phi) is 3.64. The Balaban J connectivity index is 2.64. The predicted octanol–water partition coefficient (Wildman–Crippen LogP) is 3.46. The molecule has 0 aliphatic carbocycles. The fourth-order valence-electron chi connectivity index (χ4n) is 2.52. The summed E-state index contributed by atoms with van der Waals surface area (Å²) in [4.78, 5) is 0. The molecule has 0 radical (unpaired) electrons. The van der Waals surface area contributed by atoms with E-state index in [1.807, 2.05) is 0 Å². The van der Waals surface area contributed by atoms with Crippen LogP contribution < -0.4 is 0 Å². The van der Waals surface area contributed by atoms with Crippen LogP contribution in [0.3, 0.4) is 0 Å². The molecule has 0 aromatic heterocycles. The largest absolute Gasteiger partial charge is 0.319 e. The minimum atomic E-state index is -1.03. The molecule has 0 amide bonds. The van der Waals surface area contributed by atoms with E-state index in [1.54, 1.807) is 0 Å². The standard InChI is InChI=1S/C10H22BrNSi/c1-10(2)6-9-13(3,4)12(10)8-5-7-11/h5-9H2,1-4H3.